The normalized spacial score (nSPS) is 10.4. The Morgan fingerprint density at radius 2 is 2.31 bits per heavy atom. The first-order chi connectivity index (χ1) is 7.66. The second-order valence-corrected chi connectivity index (χ2v) is 4.69. The minimum absolute atomic E-state index is 0.138. The smallest absolute Gasteiger partial charge is 0.143 e. The fourth-order valence-electron chi connectivity index (χ4n) is 1.28. The molecular weight excluding hydrogens is 247 g/mol. The zero-order valence-corrected chi connectivity index (χ0v) is 10.2. The van der Waals surface area contributed by atoms with E-state index in [4.69, 9.17) is 11.6 Å². The summed E-state index contributed by atoms with van der Waals surface area (Å²) >= 11 is 7.18. The molecule has 0 spiro atoms. The number of nitrogens with one attached hydrogen (secondary N) is 1. The van der Waals surface area contributed by atoms with Gasteiger partial charge in [-0.15, -0.1) is 11.3 Å². The van der Waals surface area contributed by atoms with Gasteiger partial charge in [0, 0.05) is 10.6 Å². The summed E-state index contributed by atoms with van der Waals surface area (Å²) in [6.07, 6.45) is 0. The third-order valence-corrected chi connectivity index (χ3v) is 3.46. The predicted octanol–water partition coefficient (Wildman–Crippen LogP) is 3.86. The molecule has 0 fully saturated rings. The van der Waals surface area contributed by atoms with Gasteiger partial charge in [0.1, 0.15) is 5.82 Å². The molecule has 0 saturated heterocycles. The Morgan fingerprint density at radius 3 is 2.94 bits per heavy atom. The first kappa shape index (κ1) is 11.4. The summed E-state index contributed by atoms with van der Waals surface area (Å²) in [7, 11) is 0. The Hall–Kier alpha value is -1.13. The average Bonchev–Trinajstić information content (AvgIpc) is 2.66. The van der Waals surface area contributed by atoms with Gasteiger partial charge in [-0.3, -0.25) is 0 Å². The molecule has 1 N–H and O–H groups in total. The van der Waals surface area contributed by atoms with E-state index in [2.05, 4.69) is 10.3 Å². The number of nitrogens with zero attached hydrogens (tertiary/aromatic N) is 1. The molecule has 0 amide bonds. The maximum atomic E-state index is 13.1. The van der Waals surface area contributed by atoms with Gasteiger partial charge in [0.05, 0.1) is 22.8 Å². The maximum Gasteiger partial charge on any atom is 0.143 e. The molecule has 0 unspecified atom stereocenters. The Morgan fingerprint density at radius 1 is 1.50 bits per heavy atom. The Balaban J connectivity index is 2.05. The van der Waals surface area contributed by atoms with Crippen LogP contribution in [0.4, 0.5) is 10.1 Å². The molecule has 1 aromatic heterocycles. The monoisotopic (exact) mass is 256 g/mol. The van der Waals surface area contributed by atoms with Crippen LogP contribution >= 0.6 is 22.9 Å². The van der Waals surface area contributed by atoms with Crippen molar-refractivity contribution in [2.45, 2.75) is 13.5 Å². The maximum absolute atomic E-state index is 13.1. The van der Waals surface area contributed by atoms with Gasteiger partial charge in [-0.1, -0.05) is 11.6 Å². The van der Waals surface area contributed by atoms with E-state index in [0.29, 0.717) is 6.54 Å². The number of aryl methyl sites for hydroxylation is 1. The standard InChI is InChI=1S/C11H10ClFN2S/c1-7-11(16-6-15-7)5-14-8-2-3-9(12)10(13)4-8/h2-4,6,14H,5H2,1H3. The Kier molecular flexibility index (Phi) is 3.41. The third kappa shape index (κ3) is 2.51. The molecular formula is C11H10ClFN2S. The van der Waals surface area contributed by atoms with E-state index in [0.717, 1.165) is 16.3 Å². The highest BCUT2D eigenvalue weighted by Crippen LogP contribution is 2.20. The molecule has 2 nitrogen and oxygen atoms in total. The van der Waals surface area contributed by atoms with Crippen molar-refractivity contribution in [1.82, 2.24) is 4.98 Å². The molecule has 0 radical (unpaired) electrons. The summed E-state index contributed by atoms with van der Waals surface area (Å²) in [6.45, 7) is 2.60. The van der Waals surface area contributed by atoms with E-state index in [1.54, 1.807) is 29.0 Å². The zero-order valence-electron chi connectivity index (χ0n) is 8.63. The molecule has 0 aliphatic rings. The van der Waals surface area contributed by atoms with Crippen LogP contribution in [0.5, 0.6) is 0 Å². The molecule has 5 heteroatoms. The van der Waals surface area contributed by atoms with Crippen molar-refractivity contribution < 1.29 is 4.39 Å². The van der Waals surface area contributed by atoms with Crippen LogP contribution < -0.4 is 5.32 Å². The molecule has 0 atom stereocenters. The number of hydrogen-bond donors (Lipinski definition) is 1. The number of hydrogen-bond acceptors (Lipinski definition) is 3. The van der Waals surface area contributed by atoms with Crippen molar-refractivity contribution in [3.8, 4) is 0 Å². The van der Waals surface area contributed by atoms with E-state index in [-0.39, 0.29) is 5.02 Å². The van der Waals surface area contributed by atoms with E-state index in [9.17, 15) is 4.39 Å². The van der Waals surface area contributed by atoms with Crippen LogP contribution in [0.2, 0.25) is 5.02 Å². The van der Waals surface area contributed by atoms with Crippen LogP contribution in [0.25, 0.3) is 0 Å². The number of anilines is 1. The molecule has 84 valence electrons. The highest BCUT2D eigenvalue weighted by molar-refractivity contribution is 7.09. The lowest BCUT2D eigenvalue weighted by Gasteiger charge is -2.05. The number of benzene rings is 1. The van der Waals surface area contributed by atoms with Crippen molar-refractivity contribution in [1.29, 1.82) is 0 Å². The van der Waals surface area contributed by atoms with Crippen molar-refractivity contribution >= 4 is 28.6 Å². The molecule has 1 heterocycles. The summed E-state index contributed by atoms with van der Waals surface area (Å²) in [5.41, 5.74) is 3.52. The summed E-state index contributed by atoms with van der Waals surface area (Å²) in [5.74, 6) is -0.410. The summed E-state index contributed by atoms with van der Waals surface area (Å²) < 4.78 is 13.1. The van der Waals surface area contributed by atoms with E-state index < -0.39 is 5.82 Å². The van der Waals surface area contributed by atoms with Crippen molar-refractivity contribution in [2.75, 3.05) is 5.32 Å². The van der Waals surface area contributed by atoms with Gasteiger partial charge in [0.25, 0.3) is 0 Å². The minimum Gasteiger partial charge on any atom is -0.380 e. The fraction of sp³-hybridized carbons (Fsp3) is 0.182. The Labute approximate surface area is 102 Å². The van der Waals surface area contributed by atoms with Gasteiger partial charge in [-0.05, 0) is 25.1 Å². The fourth-order valence-corrected chi connectivity index (χ4v) is 2.12. The third-order valence-electron chi connectivity index (χ3n) is 2.22. The summed E-state index contributed by atoms with van der Waals surface area (Å²) in [6, 6.07) is 4.68. The van der Waals surface area contributed by atoms with E-state index in [1.807, 2.05) is 6.92 Å². The van der Waals surface area contributed by atoms with Crippen molar-refractivity contribution in [3.63, 3.8) is 0 Å². The summed E-state index contributed by atoms with van der Waals surface area (Å²) in [5, 5.41) is 3.27. The highest BCUT2D eigenvalue weighted by Gasteiger charge is 2.03. The van der Waals surface area contributed by atoms with E-state index >= 15 is 0 Å². The van der Waals surface area contributed by atoms with Gasteiger partial charge in [0.2, 0.25) is 0 Å². The lowest BCUT2D eigenvalue weighted by Crippen LogP contribution is -1.99. The van der Waals surface area contributed by atoms with Crippen LogP contribution in [0.3, 0.4) is 0 Å². The lowest BCUT2D eigenvalue weighted by atomic mass is 10.3. The van der Waals surface area contributed by atoms with Crippen LogP contribution in [0.1, 0.15) is 10.6 Å². The number of rotatable bonds is 3. The second kappa shape index (κ2) is 4.80. The van der Waals surface area contributed by atoms with E-state index in [1.165, 1.54) is 6.07 Å². The van der Waals surface area contributed by atoms with Crippen LogP contribution in [-0.2, 0) is 6.54 Å². The Bertz CT molecular complexity index is 498. The summed E-state index contributed by atoms with van der Waals surface area (Å²) in [4.78, 5) is 5.29. The number of halogens is 2. The topological polar surface area (TPSA) is 24.9 Å². The average molecular weight is 257 g/mol. The number of thiazole rings is 1. The van der Waals surface area contributed by atoms with Crippen molar-refractivity contribution in [3.05, 3.63) is 45.1 Å². The van der Waals surface area contributed by atoms with Gasteiger partial charge in [0.15, 0.2) is 0 Å². The second-order valence-electron chi connectivity index (χ2n) is 3.34. The highest BCUT2D eigenvalue weighted by atomic mass is 35.5. The van der Waals surface area contributed by atoms with Crippen molar-refractivity contribution in [2.24, 2.45) is 0 Å². The van der Waals surface area contributed by atoms with Crippen LogP contribution in [0, 0.1) is 12.7 Å². The first-order valence-corrected chi connectivity index (χ1v) is 6.00. The lowest BCUT2D eigenvalue weighted by molar-refractivity contribution is 0.628. The molecule has 0 saturated carbocycles. The van der Waals surface area contributed by atoms with Gasteiger partial charge in [-0.25, -0.2) is 9.37 Å². The molecule has 0 bridgehead atoms. The molecule has 0 aliphatic carbocycles. The SMILES string of the molecule is Cc1ncsc1CNc1ccc(Cl)c(F)c1. The van der Waals surface area contributed by atoms with Crippen LogP contribution in [-0.4, -0.2) is 4.98 Å². The quantitative estimate of drug-likeness (QED) is 0.902. The largest absolute Gasteiger partial charge is 0.380 e. The molecule has 1 aromatic carbocycles. The molecule has 16 heavy (non-hydrogen) atoms. The predicted molar refractivity (Wildman–Crippen MR) is 65.6 cm³/mol. The first-order valence-electron chi connectivity index (χ1n) is 4.74. The van der Waals surface area contributed by atoms with Gasteiger partial charge >= 0.3 is 0 Å². The minimum atomic E-state index is -0.410. The van der Waals surface area contributed by atoms with Gasteiger partial charge < -0.3 is 5.32 Å². The zero-order chi connectivity index (χ0) is 11.5. The molecule has 0 aliphatic heterocycles. The molecule has 2 rings (SSSR count). The van der Waals surface area contributed by atoms with Crippen LogP contribution in [0.15, 0.2) is 23.7 Å². The number of aromatic nitrogens is 1. The molecule has 2 aromatic rings. The van der Waals surface area contributed by atoms with Gasteiger partial charge in [-0.2, -0.15) is 0 Å².